The normalized spacial score (nSPS) is 11.0. The minimum absolute atomic E-state index is 0.108. The predicted molar refractivity (Wildman–Crippen MR) is 88.8 cm³/mol. The molecule has 0 unspecified atom stereocenters. The van der Waals surface area contributed by atoms with Crippen molar-refractivity contribution in [2.45, 2.75) is 26.7 Å². The summed E-state index contributed by atoms with van der Waals surface area (Å²) in [6, 6.07) is 7.16. The van der Waals surface area contributed by atoms with Crippen molar-refractivity contribution in [1.82, 2.24) is 10.7 Å². The lowest BCUT2D eigenvalue weighted by atomic mass is 10.3. The average molecular weight is 370 g/mol. The molecule has 0 heterocycles. The lowest BCUT2D eigenvalue weighted by Gasteiger charge is -2.06. The second-order valence-electron chi connectivity index (χ2n) is 4.65. The van der Waals surface area contributed by atoms with E-state index >= 15 is 0 Å². The maximum atomic E-state index is 11.6. The third kappa shape index (κ3) is 7.78. The van der Waals surface area contributed by atoms with Gasteiger partial charge in [0.05, 0.1) is 6.42 Å². The van der Waals surface area contributed by atoms with Gasteiger partial charge in [-0.25, -0.2) is 5.43 Å². The number of carbonyl (C=O) groups excluding carboxylic acids is 2. The highest BCUT2D eigenvalue weighted by Crippen LogP contribution is 2.15. The van der Waals surface area contributed by atoms with Crippen molar-refractivity contribution in [2.75, 3.05) is 13.2 Å². The number of nitrogens with zero attached hydrogens (tertiary/aromatic N) is 1. The number of rotatable bonds is 8. The maximum Gasteiger partial charge on any atom is 0.277 e. The Bertz CT molecular complexity index is 529. The zero-order valence-electron chi connectivity index (χ0n) is 12.7. The first kappa shape index (κ1) is 18.2. The van der Waals surface area contributed by atoms with Gasteiger partial charge in [0.2, 0.25) is 5.91 Å². The van der Waals surface area contributed by atoms with Crippen molar-refractivity contribution in [2.24, 2.45) is 5.10 Å². The smallest absolute Gasteiger partial charge is 0.277 e. The zero-order chi connectivity index (χ0) is 16.4. The molecule has 0 aliphatic carbocycles. The summed E-state index contributed by atoms with van der Waals surface area (Å²) in [4.78, 5) is 23.1. The second kappa shape index (κ2) is 9.94. The van der Waals surface area contributed by atoms with Crippen LogP contribution in [0, 0.1) is 0 Å². The molecule has 22 heavy (non-hydrogen) atoms. The van der Waals surface area contributed by atoms with E-state index in [0.717, 1.165) is 10.9 Å². The Hall–Kier alpha value is -1.89. The standard InChI is InChI=1S/C15H20BrN3O3/c1-3-8-17-14(20)9-11(2)18-19-15(21)10-22-13-6-4-12(16)5-7-13/h4-7H,3,8-10H2,1-2H3,(H,17,20)(H,19,21). The molecule has 0 aliphatic rings. The van der Waals surface area contributed by atoms with E-state index in [9.17, 15) is 9.59 Å². The number of hydrogen-bond donors (Lipinski definition) is 2. The van der Waals surface area contributed by atoms with Crippen LogP contribution in [0.15, 0.2) is 33.8 Å². The van der Waals surface area contributed by atoms with Crippen molar-refractivity contribution in [3.8, 4) is 5.75 Å². The van der Waals surface area contributed by atoms with E-state index < -0.39 is 0 Å². The topological polar surface area (TPSA) is 79.8 Å². The average Bonchev–Trinajstić information content (AvgIpc) is 2.50. The Labute approximate surface area is 138 Å². The Balaban J connectivity index is 2.30. The third-order valence-electron chi connectivity index (χ3n) is 2.54. The second-order valence-corrected chi connectivity index (χ2v) is 5.57. The van der Waals surface area contributed by atoms with Gasteiger partial charge in [-0.1, -0.05) is 22.9 Å². The van der Waals surface area contributed by atoms with Gasteiger partial charge in [0.25, 0.3) is 5.91 Å². The van der Waals surface area contributed by atoms with Crippen LogP contribution in [0.25, 0.3) is 0 Å². The fourth-order valence-electron chi connectivity index (χ4n) is 1.47. The van der Waals surface area contributed by atoms with E-state index in [-0.39, 0.29) is 24.8 Å². The summed E-state index contributed by atoms with van der Waals surface area (Å²) in [5.41, 5.74) is 2.89. The molecule has 120 valence electrons. The van der Waals surface area contributed by atoms with E-state index in [2.05, 4.69) is 31.8 Å². The van der Waals surface area contributed by atoms with Gasteiger partial charge in [0, 0.05) is 16.7 Å². The minimum Gasteiger partial charge on any atom is -0.484 e. The molecule has 0 spiro atoms. The van der Waals surface area contributed by atoms with Crippen LogP contribution in [0.4, 0.5) is 0 Å². The molecule has 0 atom stereocenters. The van der Waals surface area contributed by atoms with Gasteiger partial charge >= 0.3 is 0 Å². The lowest BCUT2D eigenvalue weighted by Crippen LogP contribution is -2.28. The van der Waals surface area contributed by atoms with Crippen molar-refractivity contribution in [3.63, 3.8) is 0 Å². The van der Waals surface area contributed by atoms with Gasteiger partial charge < -0.3 is 10.1 Å². The van der Waals surface area contributed by atoms with Crippen LogP contribution in [-0.4, -0.2) is 30.7 Å². The lowest BCUT2D eigenvalue weighted by molar-refractivity contribution is -0.123. The highest BCUT2D eigenvalue weighted by molar-refractivity contribution is 9.10. The van der Waals surface area contributed by atoms with Gasteiger partial charge in [0.1, 0.15) is 5.75 Å². The van der Waals surface area contributed by atoms with Gasteiger partial charge in [-0.15, -0.1) is 0 Å². The van der Waals surface area contributed by atoms with Crippen molar-refractivity contribution < 1.29 is 14.3 Å². The molecule has 0 bridgehead atoms. The fraction of sp³-hybridized carbons (Fsp3) is 0.400. The zero-order valence-corrected chi connectivity index (χ0v) is 14.3. The van der Waals surface area contributed by atoms with Crippen LogP contribution in [0.5, 0.6) is 5.75 Å². The molecule has 0 saturated heterocycles. The summed E-state index contributed by atoms with van der Waals surface area (Å²) < 4.78 is 6.24. The highest BCUT2D eigenvalue weighted by atomic mass is 79.9. The van der Waals surface area contributed by atoms with Crippen LogP contribution in [0.2, 0.25) is 0 Å². The number of benzene rings is 1. The molecule has 1 aromatic rings. The first-order valence-electron chi connectivity index (χ1n) is 6.98. The number of hydrazone groups is 1. The summed E-state index contributed by atoms with van der Waals surface area (Å²) in [6.07, 6.45) is 1.04. The van der Waals surface area contributed by atoms with Crippen molar-refractivity contribution >= 4 is 33.5 Å². The number of halogens is 1. The van der Waals surface area contributed by atoms with E-state index in [1.165, 1.54) is 0 Å². The van der Waals surface area contributed by atoms with Crippen molar-refractivity contribution in [1.29, 1.82) is 0 Å². The van der Waals surface area contributed by atoms with Crippen molar-refractivity contribution in [3.05, 3.63) is 28.7 Å². The number of nitrogens with one attached hydrogen (secondary N) is 2. The minimum atomic E-state index is -0.378. The summed E-state index contributed by atoms with van der Waals surface area (Å²) in [6.45, 7) is 4.16. The third-order valence-corrected chi connectivity index (χ3v) is 3.07. The Morgan fingerprint density at radius 3 is 2.55 bits per heavy atom. The van der Waals surface area contributed by atoms with E-state index in [4.69, 9.17) is 4.74 Å². The monoisotopic (exact) mass is 369 g/mol. The summed E-state index contributed by atoms with van der Waals surface area (Å²) in [7, 11) is 0. The maximum absolute atomic E-state index is 11.6. The number of amides is 2. The molecule has 1 rings (SSSR count). The molecule has 2 amide bonds. The Morgan fingerprint density at radius 2 is 1.91 bits per heavy atom. The molecule has 1 aromatic carbocycles. The van der Waals surface area contributed by atoms with Crippen LogP contribution < -0.4 is 15.5 Å². The number of hydrogen-bond acceptors (Lipinski definition) is 4. The molecular weight excluding hydrogens is 350 g/mol. The summed E-state index contributed by atoms with van der Waals surface area (Å²) >= 11 is 3.32. The van der Waals surface area contributed by atoms with Gasteiger partial charge in [0.15, 0.2) is 6.61 Å². The van der Waals surface area contributed by atoms with Crippen LogP contribution in [-0.2, 0) is 9.59 Å². The highest BCUT2D eigenvalue weighted by Gasteiger charge is 2.05. The van der Waals surface area contributed by atoms with Gasteiger partial charge in [-0.3, -0.25) is 9.59 Å². The van der Waals surface area contributed by atoms with Gasteiger partial charge in [-0.05, 0) is 37.6 Å². The Morgan fingerprint density at radius 1 is 1.23 bits per heavy atom. The molecule has 2 N–H and O–H groups in total. The summed E-state index contributed by atoms with van der Waals surface area (Å²) in [5, 5.41) is 6.61. The quantitative estimate of drug-likeness (QED) is 0.544. The molecule has 0 aromatic heterocycles. The molecule has 6 nitrogen and oxygen atoms in total. The van der Waals surface area contributed by atoms with Crippen LogP contribution in [0.3, 0.4) is 0 Å². The SMILES string of the molecule is CCCNC(=O)CC(C)=NNC(=O)COc1ccc(Br)cc1. The van der Waals surface area contributed by atoms with Crippen LogP contribution >= 0.6 is 15.9 Å². The molecule has 0 saturated carbocycles. The number of ether oxygens (including phenoxy) is 1. The molecule has 7 heteroatoms. The number of carbonyl (C=O) groups is 2. The predicted octanol–water partition coefficient (Wildman–Crippen LogP) is 2.24. The fourth-order valence-corrected chi connectivity index (χ4v) is 1.73. The van der Waals surface area contributed by atoms with E-state index in [1.807, 2.05) is 19.1 Å². The van der Waals surface area contributed by atoms with Crippen LogP contribution in [0.1, 0.15) is 26.7 Å². The molecule has 0 fully saturated rings. The van der Waals surface area contributed by atoms with Gasteiger partial charge in [-0.2, -0.15) is 5.10 Å². The first-order valence-corrected chi connectivity index (χ1v) is 7.77. The summed E-state index contributed by atoms with van der Waals surface area (Å²) in [5.74, 6) is 0.109. The van der Waals surface area contributed by atoms with E-state index in [1.54, 1.807) is 19.1 Å². The molecule has 0 aliphatic heterocycles. The Kier molecular flexibility index (Phi) is 8.21. The largest absolute Gasteiger partial charge is 0.484 e. The first-order chi connectivity index (χ1) is 10.5. The molecular formula is C15H20BrN3O3. The van der Waals surface area contributed by atoms with E-state index in [0.29, 0.717) is 18.0 Å². The molecule has 0 radical (unpaired) electrons.